The van der Waals surface area contributed by atoms with E-state index in [-0.39, 0.29) is 94.3 Å². The Labute approximate surface area is 631 Å². The van der Waals surface area contributed by atoms with Crippen molar-refractivity contribution < 1.29 is 52.9 Å². The molecule has 12 rings (SSSR count). The zero-order valence-electron chi connectivity index (χ0n) is 64.2. The summed E-state index contributed by atoms with van der Waals surface area (Å²) in [6, 6.07) is 33.2. The highest BCUT2D eigenvalue weighted by atomic mass is 32.2. The number of amides is 9. The van der Waals surface area contributed by atoms with Crippen LogP contribution in [0.5, 0.6) is 0 Å². The second-order valence-electron chi connectivity index (χ2n) is 33.8. The summed E-state index contributed by atoms with van der Waals surface area (Å²) in [5.74, 6) is -0.452. The molecule has 8 aliphatic heterocycles. The Hall–Kier alpha value is -7.50. The van der Waals surface area contributed by atoms with E-state index >= 15 is 0 Å². The molecular formula is C82H116N10O11S2. The van der Waals surface area contributed by atoms with E-state index in [1.807, 2.05) is 121 Å². The summed E-state index contributed by atoms with van der Waals surface area (Å²) >= 11 is 3.08. The topological polar surface area (TPSA) is 234 Å². The molecule has 2 unspecified atom stereocenters. The van der Waals surface area contributed by atoms with E-state index in [1.165, 1.54) is 28.5 Å². The first-order chi connectivity index (χ1) is 49.8. The molecular weight excluding hydrogens is 1370 g/mol. The quantitative estimate of drug-likeness (QED) is 0.0920. The lowest BCUT2D eigenvalue weighted by Crippen LogP contribution is -2.50. The standard InChI is InChI=1S/C41H57N5O5S.C27H40N2O5S.C14H19N3O/c1-40(2,3)20-26-46-36(48)34(27-35(47)43-23-18-30(19-24-43)45-25-17-29-11-7-10-14-33(29)42-38(45)49)52-37(46)32-13-9-8-12-31(32)28-15-21-44(22-16-28)39(50)51-41(4,5)6;1-26(2,3)13-16-29-23(32)21(17-22(30)31)35-24(29)20-10-8-7-9-19(20)18-11-14-28(15-12-18)25(33)34-27(4,5)6;18-14-16-13-4-2-1-3-11(13)7-10-17(14)12-5-8-15-9-6-12/h7-14,28,30,34,37H,15-27H2,1-6H3,(H,42,49);7-10,18,21,24H,11-17H2,1-6H3,(H,30,31);1-4,12,15H,5-10H2,(H,16,18)/t34-,37?;21-,24?;/m00./s1. The molecule has 23 heteroatoms. The molecule has 0 aromatic heterocycles. The maximum atomic E-state index is 14.2. The van der Waals surface area contributed by atoms with Crippen LogP contribution in [0.25, 0.3) is 0 Å². The van der Waals surface area contributed by atoms with Crippen molar-refractivity contribution in [3.8, 4) is 0 Å². The molecule has 0 bridgehead atoms. The number of rotatable bonds is 14. The molecule has 572 valence electrons. The Morgan fingerprint density at radius 3 is 1.21 bits per heavy atom. The van der Waals surface area contributed by atoms with Gasteiger partial charge in [0.05, 0.1) is 16.9 Å². The molecule has 105 heavy (non-hydrogen) atoms. The van der Waals surface area contributed by atoms with Gasteiger partial charge in [0.15, 0.2) is 0 Å². The van der Waals surface area contributed by atoms with E-state index in [9.17, 15) is 43.5 Å². The van der Waals surface area contributed by atoms with Gasteiger partial charge in [-0.1, -0.05) is 126 Å². The van der Waals surface area contributed by atoms with Crippen LogP contribution >= 0.6 is 23.5 Å². The van der Waals surface area contributed by atoms with E-state index in [0.29, 0.717) is 64.9 Å². The SMILES string of the molecule is CC(C)(C)CCN1C(=O)[C@H](CC(=O)N2CCC(N3CCc4ccccc4NC3=O)CC2)SC1c1ccccc1C1CCN(C(=O)OC(C)(C)C)CC1.CC(C)(C)CCN1C(=O)[C@H](CC(=O)O)SC1c1ccccc1C1CCN(C(=O)OC(C)(C)C)CC1.O=C1Nc2ccccc2CCN1C1CCNCC1. The largest absolute Gasteiger partial charge is 0.481 e. The highest BCUT2D eigenvalue weighted by molar-refractivity contribution is 8.01. The van der Waals surface area contributed by atoms with Crippen LogP contribution in [0.3, 0.4) is 0 Å². The van der Waals surface area contributed by atoms with Gasteiger partial charge >= 0.3 is 30.2 Å². The summed E-state index contributed by atoms with van der Waals surface area (Å²) < 4.78 is 11.2. The smallest absolute Gasteiger partial charge is 0.410 e. The Kier molecular flexibility index (Phi) is 26.7. The van der Waals surface area contributed by atoms with Crippen molar-refractivity contribution in [1.82, 2.24) is 39.6 Å². The van der Waals surface area contributed by atoms with Crippen LogP contribution in [0, 0.1) is 10.8 Å². The summed E-state index contributed by atoms with van der Waals surface area (Å²) in [5, 5.41) is 17.4. The highest BCUT2D eigenvalue weighted by Gasteiger charge is 2.46. The fourth-order valence-corrected chi connectivity index (χ4v) is 18.4. The number of thioether (sulfide) groups is 2. The number of benzene rings is 4. The Morgan fingerprint density at radius 2 is 0.819 bits per heavy atom. The summed E-state index contributed by atoms with van der Waals surface area (Å²) in [6.45, 7) is 32.7. The van der Waals surface area contributed by atoms with Crippen molar-refractivity contribution in [3.05, 3.63) is 130 Å². The minimum Gasteiger partial charge on any atom is -0.481 e. The molecule has 4 aromatic carbocycles. The predicted octanol–water partition coefficient (Wildman–Crippen LogP) is 15.1. The minimum atomic E-state index is -0.949. The van der Waals surface area contributed by atoms with E-state index in [0.717, 1.165) is 125 Å². The van der Waals surface area contributed by atoms with Crippen molar-refractivity contribution in [2.24, 2.45) is 10.8 Å². The van der Waals surface area contributed by atoms with E-state index in [2.05, 4.69) is 100.0 Å². The van der Waals surface area contributed by atoms with Crippen LogP contribution in [0.1, 0.15) is 216 Å². The lowest BCUT2D eigenvalue weighted by Gasteiger charge is -2.38. The molecule has 0 saturated carbocycles. The van der Waals surface area contributed by atoms with Gasteiger partial charge in [0, 0.05) is 95.3 Å². The number of nitrogens with one attached hydrogen (secondary N) is 3. The molecule has 8 aliphatic rings. The van der Waals surface area contributed by atoms with Gasteiger partial charge in [0.2, 0.25) is 17.7 Å². The van der Waals surface area contributed by atoms with Gasteiger partial charge in [-0.3, -0.25) is 19.2 Å². The number of carboxylic acids is 1. The van der Waals surface area contributed by atoms with Gasteiger partial charge in [0.1, 0.15) is 21.9 Å². The van der Waals surface area contributed by atoms with Gasteiger partial charge in [0.25, 0.3) is 0 Å². The number of carbonyl (C=O) groups excluding carboxylic acids is 7. The number of hydrogen-bond donors (Lipinski definition) is 4. The number of likely N-dealkylation sites (tertiary alicyclic amines) is 3. The number of carboxylic acid groups (broad SMARTS) is 1. The predicted molar refractivity (Wildman–Crippen MR) is 416 cm³/mol. The van der Waals surface area contributed by atoms with Crippen LogP contribution in [-0.4, -0.2) is 200 Å². The maximum absolute atomic E-state index is 14.2. The number of hydrogen-bond acceptors (Lipinski definition) is 13. The van der Waals surface area contributed by atoms with Gasteiger partial charge in [-0.2, -0.15) is 0 Å². The molecule has 6 fully saturated rings. The van der Waals surface area contributed by atoms with Crippen LogP contribution in [0.2, 0.25) is 0 Å². The first kappa shape index (κ1) is 80.0. The highest BCUT2D eigenvalue weighted by Crippen LogP contribution is 2.50. The average Bonchev–Trinajstić information content (AvgIpc) is 1.65. The second kappa shape index (κ2) is 35.0. The number of fused-ring (bicyclic) bond motifs is 2. The molecule has 0 spiro atoms. The molecule has 4 aromatic rings. The lowest BCUT2D eigenvalue weighted by molar-refractivity contribution is -0.140. The Bertz CT molecular complexity index is 3690. The second-order valence-corrected chi connectivity index (χ2v) is 36.4. The molecule has 8 heterocycles. The number of ether oxygens (including phenoxy) is 2. The lowest BCUT2D eigenvalue weighted by atomic mass is 9.86. The van der Waals surface area contributed by atoms with Gasteiger partial charge in [-0.15, -0.1) is 23.5 Å². The normalized spacial score (nSPS) is 22.0. The van der Waals surface area contributed by atoms with Gasteiger partial charge < -0.3 is 64.8 Å². The fraction of sp³-hybridized carbons (Fsp3) is 0.610. The first-order valence-electron chi connectivity index (χ1n) is 38.3. The fourth-order valence-electron chi connectivity index (χ4n) is 15.4. The number of anilines is 2. The monoisotopic (exact) mass is 1480 g/mol. The summed E-state index contributed by atoms with van der Waals surface area (Å²) in [4.78, 5) is 117. The van der Waals surface area contributed by atoms with Gasteiger partial charge in [-0.25, -0.2) is 19.2 Å². The Balaban J connectivity index is 0.000000190. The number of para-hydroxylation sites is 2. The van der Waals surface area contributed by atoms with E-state index in [4.69, 9.17) is 9.47 Å². The average molecular weight is 1480 g/mol. The number of nitrogens with zero attached hydrogens (tertiary/aromatic N) is 7. The Morgan fingerprint density at radius 1 is 0.457 bits per heavy atom. The molecule has 6 saturated heterocycles. The molecule has 0 radical (unpaired) electrons. The number of urea groups is 2. The maximum Gasteiger partial charge on any atom is 0.410 e. The van der Waals surface area contributed by atoms with Crippen LogP contribution in [0.4, 0.5) is 30.6 Å². The van der Waals surface area contributed by atoms with E-state index < -0.39 is 27.7 Å². The first-order valence-corrected chi connectivity index (χ1v) is 40.2. The van der Waals surface area contributed by atoms with Crippen molar-refractivity contribution in [2.45, 2.75) is 229 Å². The molecule has 9 amide bonds. The zero-order valence-corrected chi connectivity index (χ0v) is 65.9. The summed E-state index contributed by atoms with van der Waals surface area (Å²) in [5.41, 5.74) is 7.94. The molecule has 21 nitrogen and oxygen atoms in total. The molecule has 4 atom stereocenters. The number of carbonyl (C=O) groups is 8. The third-order valence-corrected chi connectivity index (χ3v) is 24.1. The van der Waals surface area contributed by atoms with Crippen LogP contribution in [-0.2, 0) is 41.5 Å². The molecule has 4 N–H and O–H groups in total. The summed E-state index contributed by atoms with van der Waals surface area (Å²) in [7, 11) is 0. The third kappa shape index (κ3) is 21.9. The summed E-state index contributed by atoms with van der Waals surface area (Å²) in [6.07, 6.45) is 9.78. The van der Waals surface area contributed by atoms with Crippen LogP contribution < -0.4 is 16.0 Å². The van der Waals surface area contributed by atoms with Crippen molar-refractivity contribution in [2.75, 3.05) is 89.2 Å². The number of aliphatic carboxylic acids is 1. The van der Waals surface area contributed by atoms with Crippen LogP contribution in [0.15, 0.2) is 97.1 Å². The third-order valence-electron chi connectivity index (χ3n) is 21.2. The van der Waals surface area contributed by atoms with Crippen molar-refractivity contribution in [3.63, 3.8) is 0 Å². The van der Waals surface area contributed by atoms with Gasteiger partial charge in [-0.05, 0) is 200 Å². The number of piperidine rings is 4. The van der Waals surface area contributed by atoms with Crippen molar-refractivity contribution in [1.29, 1.82) is 0 Å². The minimum absolute atomic E-state index is 0.0104. The molecule has 0 aliphatic carbocycles. The van der Waals surface area contributed by atoms with Crippen molar-refractivity contribution >= 4 is 82.8 Å². The zero-order chi connectivity index (χ0) is 75.5. The van der Waals surface area contributed by atoms with E-state index in [1.54, 1.807) is 21.6 Å².